The van der Waals surface area contributed by atoms with Crippen molar-refractivity contribution in [3.8, 4) is 0 Å². The average molecular weight is 398 g/mol. The molecule has 4 bridgehead atoms. The maximum atomic E-state index is 13.2. The fraction of sp³-hybridized carbons (Fsp3) is 0.708. The van der Waals surface area contributed by atoms with Crippen LogP contribution < -0.4 is 5.32 Å². The Morgan fingerprint density at radius 2 is 1.72 bits per heavy atom. The number of carbonyl (C=O) groups is 1. The van der Waals surface area contributed by atoms with Gasteiger partial charge >= 0.3 is 6.03 Å². The number of hydrogen-bond donors (Lipinski definition) is 2. The molecule has 0 unspecified atom stereocenters. The summed E-state index contributed by atoms with van der Waals surface area (Å²) in [7, 11) is 0. The first-order valence-corrected chi connectivity index (χ1v) is 11.5. The van der Waals surface area contributed by atoms with Crippen LogP contribution in [0.3, 0.4) is 0 Å². The number of aliphatic hydroxyl groups excluding tert-OH is 1. The van der Waals surface area contributed by atoms with Gasteiger partial charge in [-0.25, -0.2) is 4.79 Å². The average Bonchev–Trinajstić information content (AvgIpc) is 2.68. The highest BCUT2D eigenvalue weighted by molar-refractivity contribution is 5.75. The van der Waals surface area contributed by atoms with Crippen LogP contribution in [-0.2, 0) is 5.41 Å². The lowest BCUT2D eigenvalue weighted by Gasteiger charge is -2.62. The van der Waals surface area contributed by atoms with Crippen LogP contribution in [0.4, 0.5) is 4.79 Å². The number of rotatable bonds is 4. The lowest BCUT2D eigenvalue weighted by molar-refractivity contribution is -0.0372. The topological polar surface area (TPSA) is 55.8 Å². The van der Waals surface area contributed by atoms with Crippen molar-refractivity contribution < 1.29 is 9.90 Å². The molecule has 6 rings (SSSR count). The molecule has 1 aromatic rings. The van der Waals surface area contributed by atoms with Gasteiger partial charge in [0.1, 0.15) is 0 Å². The first-order chi connectivity index (χ1) is 14.0. The molecule has 2 atom stereocenters. The van der Waals surface area contributed by atoms with Gasteiger partial charge in [-0.1, -0.05) is 29.8 Å². The van der Waals surface area contributed by atoms with E-state index in [1.54, 1.807) is 0 Å². The number of carbonyl (C=O) groups excluding carboxylic acids is 1. The van der Waals surface area contributed by atoms with Crippen molar-refractivity contribution in [2.75, 3.05) is 39.3 Å². The third kappa shape index (κ3) is 3.57. The van der Waals surface area contributed by atoms with E-state index in [0.717, 1.165) is 57.3 Å². The molecular weight excluding hydrogens is 362 g/mol. The number of amides is 2. The minimum Gasteiger partial charge on any atom is -0.395 e. The van der Waals surface area contributed by atoms with E-state index in [2.05, 4.69) is 41.4 Å². The smallest absolute Gasteiger partial charge is 0.317 e. The molecule has 5 fully saturated rings. The number of aryl methyl sites for hydroxylation is 1. The summed E-state index contributed by atoms with van der Waals surface area (Å²) in [5.41, 5.74) is 3.05. The van der Waals surface area contributed by atoms with Crippen LogP contribution in [0.1, 0.15) is 49.7 Å². The summed E-state index contributed by atoms with van der Waals surface area (Å²) in [4.78, 5) is 17.4. The Hall–Kier alpha value is -1.59. The monoisotopic (exact) mass is 397 g/mol. The van der Waals surface area contributed by atoms with E-state index in [0.29, 0.717) is 6.54 Å². The van der Waals surface area contributed by atoms with Gasteiger partial charge in [0.25, 0.3) is 0 Å². The van der Waals surface area contributed by atoms with Crippen LogP contribution >= 0.6 is 0 Å². The summed E-state index contributed by atoms with van der Waals surface area (Å²) in [6.45, 7) is 6.31. The normalized spacial score (nSPS) is 36.4. The summed E-state index contributed by atoms with van der Waals surface area (Å²) in [6, 6.07) is 9.34. The van der Waals surface area contributed by atoms with E-state index < -0.39 is 0 Å². The first kappa shape index (κ1) is 19.4. The van der Waals surface area contributed by atoms with Gasteiger partial charge in [-0.3, -0.25) is 4.90 Å². The molecule has 1 heterocycles. The van der Waals surface area contributed by atoms with Crippen molar-refractivity contribution in [2.45, 2.75) is 56.4 Å². The fourth-order valence-electron chi connectivity index (χ4n) is 7.28. The van der Waals surface area contributed by atoms with Crippen LogP contribution in [0.15, 0.2) is 24.3 Å². The number of nitrogens with zero attached hydrogens (tertiary/aromatic N) is 2. The SMILES string of the molecule is Cc1ccc(C23C[C@@H]4C[C@H](CC(NC(=O)N5CCN(CCO)CC5)(C4)C2)C3)cc1. The van der Waals surface area contributed by atoms with Crippen LogP contribution in [0.25, 0.3) is 0 Å². The molecule has 4 aliphatic carbocycles. The second-order valence-electron chi connectivity index (χ2n) is 10.4. The molecule has 158 valence electrons. The minimum absolute atomic E-state index is 0.0196. The van der Waals surface area contributed by atoms with Gasteiger partial charge in [0.2, 0.25) is 0 Å². The Bertz CT molecular complexity index is 740. The molecule has 1 saturated heterocycles. The number of β-amino-alcohol motifs (C(OH)–C–C–N with tert-alkyl or cyclic N) is 1. The zero-order chi connectivity index (χ0) is 20.1. The Morgan fingerprint density at radius 3 is 2.34 bits per heavy atom. The van der Waals surface area contributed by atoms with E-state index in [-0.39, 0.29) is 23.6 Å². The van der Waals surface area contributed by atoms with Gasteiger partial charge < -0.3 is 15.3 Å². The first-order valence-electron chi connectivity index (χ1n) is 11.5. The summed E-state index contributed by atoms with van der Waals surface area (Å²) in [5, 5.41) is 12.7. The molecule has 1 aromatic carbocycles. The summed E-state index contributed by atoms with van der Waals surface area (Å²) in [5.74, 6) is 1.50. The van der Waals surface area contributed by atoms with Crippen molar-refractivity contribution in [3.05, 3.63) is 35.4 Å². The van der Waals surface area contributed by atoms with Crippen LogP contribution in [0.2, 0.25) is 0 Å². The molecule has 0 spiro atoms. The Labute approximate surface area is 174 Å². The van der Waals surface area contributed by atoms with E-state index in [1.807, 2.05) is 4.90 Å². The highest BCUT2D eigenvalue weighted by Gasteiger charge is 2.58. The van der Waals surface area contributed by atoms with Gasteiger partial charge in [-0.2, -0.15) is 0 Å². The van der Waals surface area contributed by atoms with Gasteiger partial charge in [0, 0.05) is 38.3 Å². The summed E-state index contributed by atoms with van der Waals surface area (Å²) >= 11 is 0. The van der Waals surface area contributed by atoms with Gasteiger partial charge in [0.15, 0.2) is 0 Å². The lowest BCUT2D eigenvalue weighted by Crippen LogP contribution is -2.66. The molecule has 5 nitrogen and oxygen atoms in total. The predicted octanol–water partition coefficient (Wildman–Crippen LogP) is 2.90. The zero-order valence-electron chi connectivity index (χ0n) is 17.7. The van der Waals surface area contributed by atoms with Gasteiger partial charge in [-0.15, -0.1) is 0 Å². The number of nitrogens with one attached hydrogen (secondary N) is 1. The number of piperazine rings is 1. The van der Waals surface area contributed by atoms with Crippen LogP contribution in [-0.4, -0.2) is 65.8 Å². The third-order valence-corrected chi connectivity index (χ3v) is 8.17. The lowest BCUT2D eigenvalue weighted by atomic mass is 9.45. The molecular formula is C24H35N3O2. The molecule has 5 heteroatoms. The maximum Gasteiger partial charge on any atom is 0.317 e. The Morgan fingerprint density at radius 1 is 1.07 bits per heavy atom. The van der Waals surface area contributed by atoms with E-state index in [1.165, 1.54) is 30.4 Å². The molecule has 5 aliphatic rings. The standard InChI is InChI=1S/C24H35N3O2/c1-18-2-4-21(5-3-18)23-13-19-12-20(14-23)16-24(15-19,17-23)25-22(29)27-8-6-26(7-9-27)10-11-28/h2-5,19-20,28H,6-17H2,1H3,(H,25,29)/t19-,20-,23?,24?/m0/s1. The molecule has 0 radical (unpaired) electrons. The fourth-order valence-corrected chi connectivity index (χ4v) is 7.28. The molecule has 4 saturated carbocycles. The zero-order valence-corrected chi connectivity index (χ0v) is 17.7. The number of aliphatic hydroxyl groups is 1. The molecule has 0 aromatic heterocycles. The molecule has 2 N–H and O–H groups in total. The number of hydrogen-bond acceptors (Lipinski definition) is 3. The minimum atomic E-state index is -0.0196. The van der Waals surface area contributed by atoms with Gasteiger partial charge in [0.05, 0.1) is 6.61 Å². The Balaban J connectivity index is 1.31. The van der Waals surface area contributed by atoms with Crippen molar-refractivity contribution in [3.63, 3.8) is 0 Å². The molecule has 2 amide bonds. The van der Waals surface area contributed by atoms with Crippen molar-refractivity contribution in [1.82, 2.24) is 15.1 Å². The quantitative estimate of drug-likeness (QED) is 0.821. The van der Waals surface area contributed by atoms with Crippen molar-refractivity contribution in [1.29, 1.82) is 0 Å². The predicted molar refractivity (Wildman–Crippen MR) is 114 cm³/mol. The number of benzene rings is 1. The summed E-state index contributed by atoms with van der Waals surface area (Å²) < 4.78 is 0. The highest BCUT2D eigenvalue weighted by Crippen LogP contribution is 2.62. The van der Waals surface area contributed by atoms with Crippen molar-refractivity contribution in [2.24, 2.45) is 11.8 Å². The largest absolute Gasteiger partial charge is 0.395 e. The molecule has 1 aliphatic heterocycles. The highest BCUT2D eigenvalue weighted by atomic mass is 16.3. The van der Waals surface area contributed by atoms with Crippen LogP contribution in [0.5, 0.6) is 0 Å². The van der Waals surface area contributed by atoms with Crippen molar-refractivity contribution >= 4 is 6.03 Å². The van der Waals surface area contributed by atoms with E-state index in [4.69, 9.17) is 5.11 Å². The van der Waals surface area contributed by atoms with E-state index >= 15 is 0 Å². The third-order valence-electron chi connectivity index (χ3n) is 8.17. The second kappa shape index (κ2) is 7.28. The van der Waals surface area contributed by atoms with Crippen LogP contribution in [0, 0.1) is 18.8 Å². The second-order valence-corrected chi connectivity index (χ2v) is 10.4. The van der Waals surface area contributed by atoms with Gasteiger partial charge in [-0.05, 0) is 68.3 Å². The Kier molecular flexibility index (Phi) is 4.86. The maximum absolute atomic E-state index is 13.2. The number of urea groups is 1. The van der Waals surface area contributed by atoms with E-state index in [9.17, 15) is 4.79 Å². The molecule has 29 heavy (non-hydrogen) atoms. The summed E-state index contributed by atoms with van der Waals surface area (Å²) in [6.07, 6.45) is 7.37.